The number of aromatic nitrogens is 1. The fourth-order valence-electron chi connectivity index (χ4n) is 1.22. The van der Waals surface area contributed by atoms with Crippen LogP contribution in [0, 0.1) is 0 Å². The van der Waals surface area contributed by atoms with Crippen LogP contribution < -0.4 is 11.1 Å². The maximum atomic E-state index is 5.67. The Morgan fingerprint density at radius 2 is 2.50 bits per heavy atom. The lowest BCUT2D eigenvalue weighted by atomic mass is 10.1. The van der Waals surface area contributed by atoms with Crippen LogP contribution in [0.15, 0.2) is 36.7 Å². The van der Waals surface area contributed by atoms with Gasteiger partial charge in [-0.2, -0.15) is 0 Å². The Morgan fingerprint density at radius 3 is 3.00 bits per heavy atom. The molecule has 0 aliphatic heterocycles. The van der Waals surface area contributed by atoms with Gasteiger partial charge < -0.3 is 11.1 Å². The van der Waals surface area contributed by atoms with Gasteiger partial charge >= 0.3 is 0 Å². The van der Waals surface area contributed by atoms with Crippen LogP contribution in [0.3, 0.4) is 0 Å². The van der Waals surface area contributed by atoms with Crippen molar-refractivity contribution >= 4 is 0 Å². The molecule has 0 aliphatic rings. The first-order valence-electron chi connectivity index (χ1n) is 4.71. The minimum atomic E-state index is 0.167. The van der Waals surface area contributed by atoms with Gasteiger partial charge in [-0.25, -0.2) is 0 Å². The van der Waals surface area contributed by atoms with E-state index in [1.54, 1.807) is 6.20 Å². The summed E-state index contributed by atoms with van der Waals surface area (Å²) in [6.07, 6.45) is 3.60. The molecule has 0 saturated heterocycles. The third-order valence-corrected chi connectivity index (χ3v) is 1.97. The van der Waals surface area contributed by atoms with Crippen LogP contribution in [0.4, 0.5) is 0 Å². The average Bonchev–Trinajstić information content (AvgIpc) is 2.20. The SMILES string of the molecule is C=C(C)CNC(CN)c1cccnc1. The van der Waals surface area contributed by atoms with E-state index in [1.807, 2.05) is 25.3 Å². The molecule has 14 heavy (non-hydrogen) atoms. The van der Waals surface area contributed by atoms with Gasteiger partial charge in [0.05, 0.1) is 0 Å². The summed E-state index contributed by atoms with van der Waals surface area (Å²) in [5, 5.41) is 3.32. The lowest BCUT2D eigenvalue weighted by molar-refractivity contribution is 0.568. The molecule has 76 valence electrons. The minimum Gasteiger partial charge on any atom is -0.329 e. The molecule has 0 amide bonds. The van der Waals surface area contributed by atoms with Crippen molar-refractivity contribution in [1.82, 2.24) is 10.3 Å². The minimum absolute atomic E-state index is 0.167. The fourth-order valence-corrected chi connectivity index (χ4v) is 1.22. The number of nitrogens with zero attached hydrogens (tertiary/aromatic N) is 1. The third kappa shape index (κ3) is 3.28. The summed E-state index contributed by atoms with van der Waals surface area (Å²) < 4.78 is 0. The number of hydrogen-bond donors (Lipinski definition) is 2. The average molecular weight is 191 g/mol. The van der Waals surface area contributed by atoms with Crippen molar-refractivity contribution in [3.63, 3.8) is 0 Å². The van der Waals surface area contributed by atoms with Crippen molar-refractivity contribution in [3.8, 4) is 0 Å². The lowest BCUT2D eigenvalue weighted by Gasteiger charge is -2.16. The third-order valence-electron chi connectivity index (χ3n) is 1.97. The molecule has 3 N–H and O–H groups in total. The molecule has 0 radical (unpaired) electrons. The molecule has 1 atom stereocenters. The summed E-state index contributed by atoms with van der Waals surface area (Å²) in [6, 6.07) is 4.11. The monoisotopic (exact) mass is 191 g/mol. The Kier molecular flexibility index (Phi) is 4.29. The molecular formula is C11H17N3. The molecule has 0 bridgehead atoms. The van der Waals surface area contributed by atoms with Crippen molar-refractivity contribution in [2.24, 2.45) is 5.73 Å². The van der Waals surface area contributed by atoms with Gasteiger partial charge in [0.2, 0.25) is 0 Å². The molecule has 0 fully saturated rings. The van der Waals surface area contributed by atoms with E-state index >= 15 is 0 Å². The van der Waals surface area contributed by atoms with E-state index in [0.29, 0.717) is 6.54 Å². The van der Waals surface area contributed by atoms with Gasteiger partial charge in [0.25, 0.3) is 0 Å². The number of pyridine rings is 1. The largest absolute Gasteiger partial charge is 0.329 e. The van der Waals surface area contributed by atoms with Crippen molar-refractivity contribution in [3.05, 3.63) is 42.2 Å². The lowest BCUT2D eigenvalue weighted by Crippen LogP contribution is -2.29. The summed E-state index contributed by atoms with van der Waals surface area (Å²) in [7, 11) is 0. The second kappa shape index (κ2) is 5.52. The highest BCUT2D eigenvalue weighted by atomic mass is 14.9. The first-order valence-corrected chi connectivity index (χ1v) is 4.71. The number of nitrogens with one attached hydrogen (secondary N) is 1. The second-order valence-corrected chi connectivity index (χ2v) is 3.41. The van der Waals surface area contributed by atoms with Crippen LogP contribution in [-0.2, 0) is 0 Å². The van der Waals surface area contributed by atoms with Crippen LogP contribution in [0.25, 0.3) is 0 Å². The molecule has 0 aromatic carbocycles. The fraction of sp³-hybridized carbons (Fsp3) is 0.364. The summed E-state index contributed by atoms with van der Waals surface area (Å²) in [4.78, 5) is 4.06. The van der Waals surface area contributed by atoms with Crippen LogP contribution in [0.2, 0.25) is 0 Å². The van der Waals surface area contributed by atoms with Gasteiger partial charge in [-0.3, -0.25) is 4.98 Å². The summed E-state index contributed by atoms with van der Waals surface area (Å²) in [6.45, 7) is 7.18. The van der Waals surface area contributed by atoms with Gasteiger partial charge in [-0.15, -0.1) is 0 Å². The zero-order chi connectivity index (χ0) is 10.4. The van der Waals surface area contributed by atoms with E-state index in [2.05, 4.69) is 16.9 Å². The molecule has 0 aliphatic carbocycles. The van der Waals surface area contributed by atoms with E-state index in [9.17, 15) is 0 Å². The Hall–Kier alpha value is -1.19. The predicted octanol–water partition coefficient (Wildman–Crippen LogP) is 1.25. The Balaban J connectivity index is 2.58. The van der Waals surface area contributed by atoms with E-state index < -0.39 is 0 Å². The zero-order valence-corrected chi connectivity index (χ0v) is 8.53. The van der Waals surface area contributed by atoms with E-state index in [4.69, 9.17) is 5.73 Å². The quantitative estimate of drug-likeness (QED) is 0.689. The second-order valence-electron chi connectivity index (χ2n) is 3.41. The Morgan fingerprint density at radius 1 is 1.71 bits per heavy atom. The smallest absolute Gasteiger partial charge is 0.0462 e. The first kappa shape index (κ1) is 10.9. The zero-order valence-electron chi connectivity index (χ0n) is 8.53. The molecule has 1 rings (SSSR count). The van der Waals surface area contributed by atoms with E-state index in [0.717, 1.165) is 17.7 Å². The molecule has 3 heteroatoms. The van der Waals surface area contributed by atoms with E-state index in [1.165, 1.54) is 0 Å². The molecule has 1 aromatic heterocycles. The van der Waals surface area contributed by atoms with Crippen molar-refractivity contribution in [1.29, 1.82) is 0 Å². The number of hydrogen-bond acceptors (Lipinski definition) is 3. The molecular weight excluding hydrogens is 174 g/mol. The first-order chi connectivity index (χ1) is 6.74. The van der Waals surface area contributed by atoms with E-state index in [-0.39, 0.29) is 6.04 Å². The van der Waals surface area contributed by atoms with Crippen molar-refractivity contribution < 1.29 is 0 Å². The molecule has 3 nitrogen and oxygen atoms in total. The molecule has 0 spiro atoms. The topological polar surface area (TPSA) is 50.9 Å². The van der Waals surface area contributed by atoms with Crippen molar-refractivity contribution in [2.45, 2.75) is 13.0 Å². The summed E-state index contributed by atoms with van der Waals surface area (Å²) >= 11 is 0. The van der Waals surface area contributed by atoms with Crippen LogP contribution in [0.5, 0.6) is 0 Å². The number of nitrogens with two attached hydrogens (primary N) is 1. The Bertz CT molecular complexity index is 282. The molecule has 1 aromatic rings. The molecule has 0 saturated carbocycles. The van der Waals surface area contributed by atoms with Gasteiger partial charge in [-0.1, -0.05) is 18.2 Å². The maximum Gasteiger partial charge on any atom is 0.0462 e. The summed E-state index contributed by atoms with van der Waals surface area (Å²) in [5.74, 6) is 0. The standard InChI is InChI=1S/C11H17N3/c1-9(2)7-14-11(6-12)10-4-3-5-13-8-10/h3-5,8,11,14H,1,6-7,12H2,2H3. The normalized spacial score (nSPS) is 12.4. The summed E-state index contributed by atoms with van der Waals surface area (Å²) in [5.41, 5.74) is 7.90. The Labute approximate surface area is 85.0 Å². The van der Waals surface area contributed by atoms with Gasteiger partial charge in [0, 0.05) is 31.5 Å². The van der Waals surface area contributed by atoms with Crippen LogP contribution in [0.1, 0.15) is 18.5 Å². The highest BCUT2D eigenvalue weighted by molar-refractivity contribution is 5.14. The highest BCUT2D eigenvalue weighted by Gasteiger charge is 2.07. The van der Waals surface area contributed by atoms with Crippen LogP contribution in [-0.4, -0.2) is 18.1 Å². The predicted molar refractivity (Wildman–Crippen MR) is 58.8 cm³/mol. The van der Waals surface area contributed by atoms with Gasteiger partial charge in [0.15, 0.2) is 0 Å². The molecule has 1 unspecified atom stereocenters. The van der Waals surface area contributed by atoms with Crippen molar-refractivity contribution in [2.75, 3.05) is 13.1 Å². The maximum absolute atomic E-state index is 5.67. The number of rotatable bonds is 5. The van der Waals surface area contributed by atoms with Gasteiger partial charge in [0.1, 0.15) is 0 Å². The molecule has 1 heterocycles. The van der Waals surface area contributed by atoms with Gasteiger partial charge in [-0.05, 0) is 18.6 Å². The van der Waals surface area contributed by atoms with Crippen LogP contribution >= 0.6 is 0 Å². The highest BCUT2D eigenvalue weighted by Crippen LogP contribution is 2.09.